The first-order valence-corrected chi connectivity index (χ1v) is 10.2. The Morgan fingerprint density at radius 1 is 1.11 bits per heavy atom. The molecule has 7 nitrogen and oxygen atoms in total. The molecule has 2 heterocycles. The molecule has 1 aromatic rings. The van der Waals surface area contributed by atoms with Gasteiger partial charge in [-0.3, -0.25) is 4.57 Å². The number of aromatic nitrogens is 2. The van der Waals surface area contributed by atoms with Gasteiger partial charge < -0.3 is 20.1 Å². The molecule has 0 aliphatic carbocycles. The lowest BCUT2D eigenvalue weighted by molar-refractivity contribution is -0.0531. The maximum absolute atomic E-state index is 10.2. The van der Waals surface area contributed by atoms with Crippen molar-refractivity contribution in [3.63, 3.8) is 0 Å². The largest absolute Gasteiger partial charge is 0.394 e. The Kier molecular flexibility index (Phi) is 9.46. The molecule has 154 valence electrons. The fourth-order valence-corrected chi connectivity index (χ4v) is 3.36. The topological polar surface area (TPSA) is 112 Å². The minimum atomic E-state index is -1.23. The molecule has 1 aliphatic heterocycles. The van der Waals surface area contributed by atoms with Gasteiger partial charge >= 0.3 is 0 Å². The minimum Gasteiger partial charge on any atom is -0.394 e. The second kappa shape index (κ2) is 11.8. The van der Waals surface area contributed by atoms with Crippen molar-refractivity contribution in [2.45, 2.75) is 89.3 Å². The summed E-state index contributed by atoms with van der Waals surface area (Å²) < 4.78 is 6.98. The van der Waals surface area contributed by atoms with Gasteiger partial charge in [0.05, 0.1) is 12.9 Å². The molecule has 7 heteroatoms. The zero-order valence-electron chi connectivity index (χ0n) is 16.5. The van der Waals surface area contributed by atoms with E-state index >= 15 is 0 Å². The van der Waals surface area contributed by atoms with Gasteiger partial charge in [0.1, 0.15) is 30.1 Å². The number of nitrogens with zero attached hydrogens (tertiary/aromatic N) is 3. The highest BCUT2D eigenvalue weighted by Gasteiger charge is 2.44. The van der Waals surface area contributed by atoms with Crippen LogP contribution >= 0.6 is 0 Å². The van der Waals surface area contributed by atoms with Crippen LogP contribution in [0.3, 0.4) is 0 Å². The van der Waals surface area contributed by atoms with Gasteiger partial charge in [-0.25, -0.2) is 4.98 Å². The molecule has 2 rings (SSSR count). The third-order valence-corrected chi connectivity index (χ3v) is 5.05. The van der Waals surface area contributed by atoms with Gasteiger partial charge in [0.2, 0.25) is 0 Å². The van der Waals surface area contributed by atoms with Gasteiger partial charge in [0.15, 0.2) is 11.9 Å². The minimum absolute atomic E-state index is 0.154. The molecule has 1 saturated heterocycles. The van der Waals surface area contributed by atoms with E-state index in [1.165, 1.54) is 49.4 Å². The van der Waals surface area contributed by atoms with Crippen molar-refractivity contribution >= 4 is 0 Å². The van der Waals surface area contributed by atoms with Gasteiger partial charge in [0, 0.05) is 6.42 Å². The number of ether oxygens (including phenoxy) is 1. The average Bonchev–Trinajstić information content (AvgIpc) is 3.24. The second-order valence-corrected chi connectivity index (χ2v) is 7.22. The van der Waals surface area contributed by atoms with E-state index in [-0.39, 0.29) is 5.69 Å². The number of imidazole rings is 1. The standard InChI is InChI=1S/C21H31N3O4/c1-2-3-4-5-6-7-8-9-10-11-12-17-16(13-22)23-15-24(17)21-20(27)19(26)18(14-25)28-21/h15,18-21,25-27H,2-10,14H2,1H3/t18-,19-,20-,21-/m1/s1. The van der Waals surface area contributed by atoms with Crippen molar-refractivity contribution in [3.8, 4) is 17.9 Å². The zero-order chi connectivity index (χ0) is 20.4. The molecule has 0 saturated carbocycles. The number of unbranched alkanes of at least 4 members (excludes halogenated alkanes) is 8. The molecule has 0 spiro atoms. The van der Waals surface area contributed by atoms with Crippen molar-refractivity contribution < 1.29 is 20.1 Å². The highest BCUT2D eigenvalue weighted by molar-refractivity contribution is 5.40. The fourth-order valence-electron chi connectivity index (χ4n) is 3.36. The van der Waals surface area contributed by atoms with Crippen LogP contribution in [0, 0.1) is 23.2 Å². The first kappa shape index (κ1) is 22.4. The predicted octanol–water partition coefficient (Wildman–Crippen LogP) is 2.25. The van der Waals surface area contributed by atoms with Crippen LogP contribution in [0.4, 0.5) is 0 Å². The maximum atomic E-state index is 10.2. The Morgan fingerprint density at radius 3 is 2.39 bits per heavy atom. The van der Waals surface area contributed by atoms with E-state index < -0.39 is 31.1 Å². The third kappa shape index (κ3) is 5.80. The number of hydrogen-bond donors (Lipinski definition) is 3. The van der Waals surface area contributed by atoms with Crippen LogP contribution in [-0.2, 0) is 4.74 Å². The van der Waals surface area contributed by atoms with E-state index in [9.17, 15) is 20.6 Å². The highest BCUT2D eigenvalue weighted by atomic mass is 16.6. The summed E-state index contributed by atoms with van der Waals surface area (Å²) in [5.74, 6) is 6.05. The van der Waals surface area contributed by atoms with E-state index in [0.29, 0.717) is 5.69 Å². The molecule has 1 fully saturated rings. The summed E-state index contributed by atoms with van der Waals surface area (Å²) in [7, 11) is 0. The number of hydrogen-bond acceptors (Lipinski definition) is 6. The van der Waals surface area contributed by atoms with Crippen molar-refractivity contribution in [2.75, 3.05) is 6.61 Å². The number of aliphatic hydroxyl groups is 3. The van der Waals surface area contributed by atoms with E-state index in [1.807, 2.05) is 6.07 Å². The van der Waals surface area contributed by atoms with Crippen LogP contribution in [0.25, 0.3) is 0 Å². The Bertz CT molecular complexity index is 701. The van der Waals surface area contributed by atoms with Gasteiger partial charge in [-0.05, 0) is 12.3 Å². The summed E-state index contributed by atoms with van der Waals surface area (Å²) in [5.41, 5.74) is 0.512. The molecule has 1 aliphatic rings. The normalized spacial score (nSPS) is 24.0. The van der Waals surface area contributed by atoms with E-state index in [1.54, 1.807) is 0 Å². The molecule has 0 aromatic carbocycles. The van der Waals surface area contributed by atoms with Crippen LogP contribution in [0.15, 0.2) is 6.33 Å². The summed E-state index contributed by atoms with van der Waals surface area (Å²) in [6, 6.07) is 1.99. The molecule has 0 unspecified atom stereocenters. The Labute approximate surface area is 167 Å². The van der Waals surface area contributed by atoms with Crippen LogP contribution in [0.2, 0.25) is 0 Å². The number of nitriles is 1. The maximum Gasteiger partial charge on any atom is 0.174 e. The Hall–Kier alpha value is -1.90. The monoisotopic (exact) mass is 389 g/mol. The SMILES string of the molecule is CCCCCCCCCCC#Cc1c(C#N)ncn1[C@@H]1O[C@H](CO)[C@@H](O)[C@H]1O. The molecule has 0 bridgehead atoms. The second-order valence-electron chi connectivity index (χ2n) is 7.22. The number of aliphatic hydroxyl groups excluding tert-OH is 3. The lowest BCUT2D eigenvalue weighted by Crippen LogP contribution is -2.33. The summed E-state index contributed by atoms with van der Waals surface area (Å²) >= 11 is 0. The number of rotatable bonds is 10. The van der Waals surface area contributed by atoms with E-state index in [2.05, 4.69) is 23.7 Å². The fraction of sp³-hybridized carbons (Fsp3) is 0.714. The molecule has 4 atom stereocenters. The van der Waals surface area contributed by atoms with Crippen LogP contribution in [0.1, 0.15) is 82.3 Å². The quantitative estimate of drug-likeness (QED) is 0.418. The lowest BCUT2D eigenvalue weighted by atomic mass is 10.1. The van der Waals surface area contributed by atoms with E-state index in [4.69, 9.17) is 4.74 Å². The van der Waals surface area contributed by atoms with Crippen LogP contribution in [-0.4, -0.2) is 49.8 Å². The van der Waals surface area contributed by atoms with Gasteiger partial charge in [0.25, 0.3) is 0 Å². The molecular weight excluding hydrogens is 358 g/mol. The van der Waals surface area contributed by atoms with Crippen molar-refractivity contribution in [1.29, 1.82) is 5.26 Å². The van der Waals surface area contributed by atoms with Gasteiger partial charge in [-0.15, -0.1) is 0 Å². The zero-order valence-corrected chi connectivity index (χ0v) is 16.5. The van der Waals surface area contributed by atoms with Crippen molar-refractivity contribution in [2.24, 2.45) is 0 Å². The Morgan fingerprint density at radius 2 is 1.79 bits per heavy atom. The molecule has 3 N–H and O–H groups in total. The highest BCUT2D eigenvalue weighted by Crippen LogP contribution is 2.30. The molecule has 0 radical (unpaired) electrons. The van der Waals surface area contributed by atoms with Crippen molar-refractivity contribution in [3.05, 3.63) is 17.7 Å². The first-order valence-electron chi connectivity index (χ1n) is 10.2. The summed E-state index contributed by atoms with van der Waals surface area (Å²) in [4.78, 5) is 4.02. The van der Waals surface area contributed by atoms with Gasteiger partial charge in [-0.1, -0.05) is 57.8 Å². The third-order valence-electron chi connectivity index (χ3n) is 5.05. The van der Waals surface area contributed by atoms with Crippen LogP contribution < -0.4 is 0 Å². The Balaban J connectivity index is 1.90. The molecular formula is C21H31N3O4. The van der Waals surface area contributed by atoms with Crippen LogP contribution in [0.5, 0.6) is 0 Å². The summed E-state index contributed by atoms with van der Waals surface area (Å²) in [6.07, 6.45) is 7.67. The van der Waals surface area contributed by atoms with Gasteiger partial charge in [-0.2, -0.15) is 5.26 Å². The summed E-state index contributed by atoms with van der Waals surface area (Å²) in [6.45, 7) is 1.81. The summed E-state index contributed by atoms with van der Waals surface area (Å²) in [5, 5.41) is 38.6. The molecule has 28 heavy (non-hydrogen) atoms. The average molecular weight is 389 g/mol. The smallest absolute Gasteiger partial charge is 0.174 e. The molecule has 0 amide bonds. The molecule has 1 aromatic heterocycles. The predicted molar refractivity (Wildman–Crippen MR) is 104 cm³/mol. The lowest BCUT2D eigenvalue weighted by Gasteiger charge is -2.17. The van der Waals surface area contributed by atoms with Crippen molar-refractivity contribution in [1.82, 2.24) is 9.55 Å². The first-order chi connectivity index (χ1) is 13.6. The van der Waals surface area contributed by atoms with E-state index in [0.717, 1.165) is 19.3 Å².